The Bertz CT molecular complexity index is 675. The Labute approximate surface area is 180 Å². The number of nitrogens with zero attached hydrogens (tertiary/aromatic N) is 2. The second-order valence-electron chi connectivity index (χ2n) is 8.99. The highest BCUT2D eigenvalue weighted by Crippen LogP contribution is 2.20. The number of likely N-dealkylation sites (tertiary alicyclic amines) is 1. The van der Waals surface area contributed by atoms with Crippen LogP contribution in [0.3, 0.4) is 0 Å². The predicted molar refractivity (Wildman–Crippen MR) is 117 cm³/mol. The molecule has 0 aliphatic carbocycles. The highest BCUT2D eigenvalue weighted by Gasteiger charge is 2.28. The molecular formula is C23H37N3O4. The minimum absolute atomic E-state index is 0.0309. The van der Waals surface area contributed by atoms with Crippen LogP contribution in [-0.4, -0.2) is 72.8 Å². The molecule has 2 atom stereocenters. The van der Waals surface area contributed by atoms with Gasteiger partial charge in [0, 0.05) is 38.8 Å². The van der Waals surface area contributed by atoms with E-state index in [1.54, 1.807) is 7.11 Å². The highest BCUT2D eigenvalue weighted by molar-refractivity contribution is 5.82. The quantitative estimate of drug-likeness (QED) is 0.701. The van der Waals surface area contributed by atoms with Gasteiger partial charge in [-0.15, -0.1) is 0 Å². The van der Waals surface area contributed by atoms with Gasteiger partial charge in [0.25, 0.3) is 0 Å². The van der Waals surface area contributed by atoms with Gasteiger partial charge in [-0.1, -0.05) is 30.3 Å². The maximum Gasteiger partial charge on any atom is 0.410 e. The fraction of sp³-hybridized carbons (Fsp3) is 0.652. The van der Waals surface area contributed by atoms with E-state index in [0.29, 0.717) is 19.2 Å². The topological polar surface area (TPSA) is 71.1 Å². The molecular weight excluding hydrogens is 382 g/mol. The number of hydrogen-bond donors (Lipinski definition) is 1. The molecule has 1 aromatic carbocycles. The summed E-state index contributed by atoms with van der Waals surface area (Å²) >= 11 is 0. The van der Waals surface area contributed by atoms with Crippen LogP contribution in [0, 0.1) is 0 Å². The molecule has 1 aliphatic heterocycles. The standard InChI is InChI=1S/C23H37N3O4/c1-18-15-20(11-12-25(18)16-19-9-7-6-8-10-19)24-21(27)17-26(13-14-29-5)22(28)30-23(2,3)4/h6-10,18,20H,11-17H2,1-5H3,(H,24,27)/t18-,20-/m1/s1. The molecule has 7 heteroatoms. The van der Waals surface area contributed by atoms with Crippen molar-refractivity contribution in [2.75, 3.05) is 33.4 Å². The van der Waals surface area contributed by atoms with Crippen LogP contribution in [0.5, 0.6) is 0 Å². The molecule has 1 N–H and O–H groups in total. The molecule has 1 fully saturated rings. The summed E-state index contributed by atoms with van der Waals surface area (Å²) < 4.78 is 10.5. The van der Waals surface area contributed by atoms with Crippen molar-refractivity contribution in [2.24, 2.45) is 0 Å². The van der Waals surface area contributed by atoms with Crippen LogP contribution in [0.1, 0.15) is 46.1 Å². The molecule has 0 bridgehead atoms. The Morgan fingerprint density at radius 1 is 1.23 bits per heavy atom. The Morgan fingerprint density at radius 3 is 2.53 bits per heavy atom. The average Bonchev–Trinajstić information content (AvgIpc) is 2.66. The molecule has 2 amide bonds. The zero-order chi connectivity index (χ0) is 22.1. The van der Waals surface area contributed by atoms with Crippen molar-refractivity contribution in [3.8, 4) is 0 Å². The Balaban J connectivity index is 1.84. The number of carbonyl (C=O) groups excluding carboxylic acids is 2. The lowest BCUT2D eigenvalue weighted by molar-refractivity contribution is -0.123. The van der Waals surface area contributed by atoms with Gasteiger partial charge >= 0.3 is 6.09 Å². The fourth-order valence-corrected chi connectivity index (χ4v) is 3.61. The van der Waals surface area contributed by atoms with E-state index in [1.807, 2.05) is 26.8 Å². The van der Waals surface area contributed by atoms with Crippen LogP contribution in [-0.2, 0) is 20.8 Å². The van der Waals surface area contributed by atoms with Crippen molar-refractivity contribution in [2.45, 2.75) is 64.8 Å². The van der Waals surface area contributed by atoms with Gasteiger partial charge in [0.2, 0.25) is 5.91 Å². The minimum Gasteiger partial charge on any atom is -0.444 e. The van der Waals surface area contributed by atoms with Gasteiger partial charge in [-0.2, -0.15) is 0 Å². The Morgan fingerprint density at radius 2 is 1.93 bits per heavy atom. The predicted octanol–water partition coefficient (Wildman–Crippen LogP) is 3.04. The number of hydrogen-bond acceptors (Lipinski definition) is 5. The number of benzene rings is 1. The van der Waals surface area contributed by atoms with Crippen molar-refractivity contribution in [3.05, 3.63) is 35.9 Å². The van der Waals surface area contributed by atoms with Crippen molar-refractivity contribution in [1.29, 1.82) is 0 Å². The lowest BCUT2D eigenvalue weighted by Crippen LogP contribution is -2.51. The van der Waals surface area contributed by atoms with Gasteiger partial charge < -0.3 is 14.8 Å². The van der Waals surface area contributed by atoms with E-state index in [4.69, 9.17) is 9.47 Å². The number of nitrogens with one attached hydrogen (secondary N) is 1. The van der Waals surface area contributed by atoms with Crippen molar-refractivity contribution < 1.29 is 19.1 Å². The van der Waals surface area contributed by atoms with Crippen molar-refractivity contribution in [3.63, 3.8) is 0 Å². The summed E-state index contributed by atoms with van der Waals surface area (Å²) in [6.07, 6.45) is 1.29. The molecule has 1 aliphatic rings. The molecule has 7 nitrogen and oxygen atoms in total. The molecule has 168 valence electrons. The molecule has 0 radical (unpaired) electrons. The lowest BCUT2D eigenvalue weighted by atomic mass is 9.97. The SMILES string of the molecule is COCCN(CC(=O)N[C@@H]1CCN(Cc2ccccc2)[C@H](C)C1)C(=O)OC(C)(C)C. The molecule has 0 saturated carbocycles. The van der Waals surface area contributed by atoms with Gasteiger partial charge in [-0.3, -0.25) is 14.6 Å². The first-order valence-electron chi connectivity index (χ1n) is 10.7. The summed E-state index contributed by atoms with van der Waals surface area (Å²) in [5.41, 5.74) is 0.692. The highest BCUT2D eigenvalue weighted by atomic mass is 16.6. The number of amides is 2. The molecule has 1 saturated heterocycles. The summed E-state index contributed by atoms with van der Waals surface area (Å²) in [6.45, 7) is 10.1. The summed E-state index contributed by atoms with van der Waals surface area (Å²) in [6, 6.07) is 10.9. The van der Waals surface area contributed by atoms with E-state index in [9.17, 15) is 9.59 Å². The van der Waals surface area contributed by atoms with E-state index in [2.05, 4.69) is 41.4 Å². The van der Waals surface area contributed by atoms with Gasteiger partial charge in [0.1, 0.15) is 12.1 Å². The average molecular weight is 420 g/mol. The summed E-state index contributed by atoms with van der Waals surface area (Å²) in [4.78, 5) is 28.9. The summed E-state index contributed by atoms with van der Waals surface area (Å²) in [7, 11) is 1.57. The van der Waals surface area contributed by atoms with Crippen molar-refractivity contribution in [1.82, 2.24) is 15.1 Å². The second-order valence-corrected chi connectivity index (χ2v) is 8.99. The number of methoxy groups -OCH3 is 1. The number of carbonyl (C=O) groups is 2. The zero-order valence-corrected chi connectivity index (χ0v) is 19.0. The molecule has 1 aromatic rings. The zero-order valence-electron chi connectivity index (χ0n) is 19.0. The van der Waals surface area contributed by atoms with Gasteiger partial charge in [0.05, 0.1) is 6.61 Å². The van der Waals surface area contributed by atoms with Crippen LogP contribution in [0.4, 0.5) is 4.79 Å². The third-order valence-electron chi connectivity index (χ3n) is 5.16. The molecule has 2 rings (SSSR count). The fourth-order valence-electron chi connectivity index (χ4n) is 3.61. The van der Waals surface area contributed by atoms with Crippen LogP contribution in [0.15, 0.2) is 30.3 Å². The number of rotatable bonds is 8. The van der Waals surface area contributed by atoms with Gasteiger partial charge in [-0.05, 0) is 46.1 Å². The third-order valence-corrected chi connectivity index (χ3v) is 5.16. The normalized spacial score (nSPS) is 19.9. The van der Waals surface area contributed by atoms with Crippen LogP contribution < -0.4 is 5.32 Å². The Kier molecular flexibility index (Phi) is 9.11. The molecule has 1 heterocycles. The molecule has 0 spiro atoms. The molecule has 0 aromatic heterocycles. The van der Waals surface area contributed by atoms with E-state index in [-0.39, 0.29) is 18.5 Å². The third kappa shape index (κ3) is 8.32. The van der Waals surface area contributed by atoms with Gasteiger partial charge in [0.15, 0.2) is 0 Å². The summed E-state index contributed by atoms with van der Waals surface area (Å²) in [5, 5.41) is 3.10. The number of piperidine rings is 1. The summed E-state index contributed by atoms with van der Waals surface area (Å²) in [5.74, 6) is -0.161. The lowest BCUT2D eigenvalue weighted by Gasteiger charge is -2.38. The first-order valence-corrected chi connectivity index (χ1v) is 10.7. The molecule has 0 unspecified atom stereocenters. The maximum atomic E-state index is 12.6. The van der Waals surface area contributed by atoms with Crippen molar-refractivity contribution >= 4 is 12.0 Å². The monoisotopic (exact) mass is 419 g/mol. The van der Waals surface area contributed by atoms with Crippen LogP contribution in [0.25, 0.3) is 0 Å². The van der Waals surface area contributed by atoms with Crippen LogP contribution in [0.2, 0.25) is 0 Å². The first-order chi connectivity index (χ1) is 14.2. The van der Waals surface area contributed by atoms with Crippen LogP contribution >= 0.6 is 0 Å². The van der Waals surface area contributed by atoms with Gasteiger partial charge in [-0.25, -0.2) is 4.79 Å². The van der Waals surface area contributed by atoms with E-state index < -0.39 is 11.7 Å². The molecule has 30 heavy (non-hydrogen) atoms. The number of ether oxygens (including phenoxy) is 2. The largest absolute Gasteiger partial charge is 0.444 e. The smallest absolute Gasteiger partial charge is 0.410 e. The van der Waals surface area contributed by atoms with E-state index >= 15 is 0 Å². The maximum absolute atomic E-state index is 12.6. The van der Waals surface area contributed by atoms with E-state index in [0.717, 1.165) is 25.9 Å². The second kappa shape index (κ2) is 11.3. The Hall–Kier alpha value is -2.12. The van der Waals surface area contributed by atoms with E-state index in [1.165, 1.54) is 10.5 Å². The minimum atomic E-state index is -0.611. The first kappa shape index (κ1) is 24.2.